The van der Waals surface area contributed by atoms with Crippen molar-refractivity contribution in [2.75, 3.05) is 0 Å². The minimum absolute atomic E-state index is 0. The molecular weight excluding hydrogens is 148 g/mol. The zero-order chi connectivity index (χ0) is 6.95. The number of aliphatic hydroxyl groups is 1. The third kappa shape index (κ3) is 10.7. The van der Waals surface area contributed by atoms with Gasteiger partial charge in [-0.15, -0.1) is 12.4 Å². The molecule has 0 atom stereocenters. The monoisotopic (exact) mass is 164 g/mol. The molecular formula is C8H17ClO. The highest BCUT2D eigenvalue weighted by Gasteiger charge is 1.82. The van der Waals surface area contributed by atoms with Gasteiger partial charge in [-0.3, -0.25) is 0 Å². The molecule has 0 radical (unpaired) electrons. The van der Waals surface area contributed by atoms with Gasteiger partial charge in [-0.2, -0.15) is 0 Å². The fourth-order valence-electron chi connectivity index (χ4n) is 0.764. The Balaban J connectivity index is 0. The number of hydrogen-bond donors (Lipinski definition) is 1. The fourth-order valence-corrected chi connectivity index (χ4v) is 0.764. The minimum Gasteiger partial charge on any atom is -0.516 e. The van der Waals surface area contributed by atoms with Crippen LogP contribution in [0.5, 0.6) is 0 Å². The van der Waals surface area contributed by atoms with Crippen LogP contribution < -0.4 is 0 Å². The number of hydrogen-bond acceptors (Lipinski definition) is 1. The van der Waals surface area contributed by atoms with Crippen molar-refractivity contribution >= 4 is 12.4 Å². The van der Waals surface area contributed by atoms with Crippen molar-refractivity contribution in [3.63, 3.8) is 0 Å². The first-order chi connectivity index (χ1) is 4.41. The highest BCUT2D eigenvalue weighted by molar-refractivity contribution is 5.85. The van der Waals surface area contributed by atoms with Gasteiger partial charge in [-0.1, -0.05) is 32.3 Å². The molecule has 0 aliphatic carbocycles. The zero-order valence-corrected chi connectivity index (χ0v) is 7.36. The Morgan fingerprint density at radius 1 is 1.20 bits per heavy atom. The lowest BCUT2D eigenvalue weighted by Crippen LogP contribution is -1.72. The van der Waals surface area contributed by atoms with Gasteiger partial charge in [0.05, 0.1) is 6.26 Å². The highest BCUT2D eigenvalue weighted by Crippen LogP contribution is 2.01. The Morgan fingerprint density at radius 2 is 1.90 bits per heavy atom. The molecule has 0 aromatic rings. The molecule has 0 saturated carbocycles. The van der Waals surface area contributed by atoms with Crippen LogP contribution >= 0.6 is 12.4 Å². The SMILES string of the molecule is CCCCCCC=CO.Cl. The van der Waals surface area contributed by atoms with Gasteiger partial charge >= 0.3 is 0 Å². The van der Waals surface area contributed by atoms with Gasteiger partial charge in [0, 0.05) is 0 Å². The second-order valence-electron chi connectivity index (χ2n) is 2.23. The first-order valence-electron chi connectivity index (χ1n) is 3.71. The Labute approximate surface area is 69.6 Å². The molecule has 0 fully saturated rings. The van der Waals surface area contributed by atoms with E-state index in [1.807, 2.05) is 0 Å². The summed E-state index contributed by atoms with van der Waals surface area (Å²) < 4.78 is 0. The second-order valence-corrected chi connectivity index (χ2v) is 2.23. The lowest BCUT2D eigenvalue weighted by molar-refractivity contribution is 0.469. The quantitative estimate of drug-likeness (QED) is 0.488. The third-order valence-corrected chi connectivity index (χ3v) is 1.33. The first-order valence-corrected chi connectivity index (χ1v) is 3.71. The largest absolute Gasteiger partial charge is 0.516 e. The minimum atomic E-state index is 0. The van der Waals surface area contributed by atoms with Crippen LogP contribution in [0.25, 0.3) is 0 Å². The molecule has 0 spiro atoms. The first kappa shape index (κ1) is 12.5. The predicted octanol–water partition coefficient (Wildman–Crippen LogP) is 3.45. The van der Waals surface area contributed by atoms with Crippen LogP contribution in [0, 0.1) is 0 Å². The van der Waals surface area contributed by atoms with Gasteiger partial charge in [-0.25, -0.2) is 0 Å². The molecule has 0 heterocycles. The van der Waals surface area contributed by atoms with E-state index in [2.05, 4.69) is 6.92 Å². The number of rotatable bonds is 5. The Kier molecular flexibility index (Phi) is 14.5. The van der Waals surface area contributed by atoms with E-state index in [4.69, 9.17) is 5.11 Å². The normalized spacial score (nSPS) is 9.70. The summed E-state index contributed by atoms with van der Waals surface area (Å²) in [5.74, 6) is 0. The maximum absolute atomic E-state index is 8.24. The van der Waals surface area contributed by atoms with Crippen LogP contribution in [0.3, 0.4) is 0 Å². The molecule has 10 heavy (non-hydrogen) atoms. The van der Waals surface area contributed by atoms with E-state index in [-0.39, 0.29) is 12.4 Å². The summed E-state index contributed by atoms with van der Waals surface area (Å²) >= 11 is 0. The zero-order valence-electron chi connectivity index (χ0n) is 6.55. The van der Waals surface area contributed by atoms with Crippen LogP contribution in [0.15, 0.2) is 12.3 Å². The van der Waals surface area contributed by atoms with Crippen LogP contribution in [-0.2, 0) is 0 Å². The van der Waals surface area contributed by atoms with Gasteiger partial charge in [-0.05, 0) is 12.8 Å². The number of halogens is 1. The summed E-state index contributed by atoms with van der Waals surface area (Å²) in [6.45, 7) is 2.20. The second kappa shape index (κ2) is 11.6. The molecule has 0 unspecified atom stereocenters. The average Bonchev–Trinajstić information content (AvgIpc) is 1.89. The van der Waals surface area contributed by atoms with Crippen molar-refractivity contribution in [1.82, 2.24) is 0 Å². The van der Waals surface area contributed by atoms with Crippen molar-refractivity contribution in [3.8, 4) is 0 Å². The smallest absolute Gasteiger partial charge is 0.0751 e. The average molecular weight is 165 g/mol. The topological polar surface area (TPSA) is 20.2 Å². The lowest BCUT2D eigenvalue weighted by Gasteiger charge is -1.92. The summed E-state index contributed by atoms with van der Waals surface area (Å²) in [6, 6.07) is 0. The maximum Gasteiger partial charge on any atom is 0.0751 e. The van der Waals surface area contributed by atoms with Crippen molar-refractivity contribution < 1.29 is 5.11 Å². The molecule has 0 aromatic heterocycles. The number of allylic oxidation sites excluding steroid dienone is 1. The Morgan fingerprint density at radius 3 is 2.40 bits per heavy atom. The molecule has 2 heteroatoms. The van der Waals surface area contributed by atoms with Crippen molar-refractivity contribution in [3.05, 3.63) is 12.3 Å². The summed E-state index contributed by atoms with van der Waals surface area (Å²) in [5.41, 5.74) is 0. The molecule has 0 amide bonds. The Hall–Kier alpha value is -0.170. The van der Waals surface area contributed by atoms with Gasteiger partial charge in [0.2, 0.25) is 0 Å². The molecule has 62 valence electrons. The van der Waals surface area contributed by atoms with E-state index in [0.29, 0.717) is 0 Å². The van der Waals surface area contributed by atoms with Gasteiger partial charge in [0.1, 0.15) is 0 Å². The van der Waals surface area contributed by atoms with Gasteiger partial charge in [0.25, 0.3) is 0 Å². The van der Waals surface area contributed by atoms with Crippen LogP contribution in [0.1, 0.15) is 39.0 Å². The molecule has 0 rings (SSSR count). The van der Waals surface area contributed by atoms with E-state index in [1.165, 1.54) is 25.7 Å². The van der Waals surface area contributed by atoms with Crippen molar-refractivity contribution in [1.29, 1.82) is 0 Å². The molecule has 0 aliphatic rings. The summed E-state index contributed by atoms with van der Waals surface area (Å²) in [7, 11) is 0. The van der Waals surface area contributed by atoms with E-state index >= 15 is 0 Å². The van der Waals surface area contributed by atoms with E-state index in [1.54, 1.807) is 6.08 Å². The van der Waals surface area contributed by atoms with E-state index in [0.717, 1.165) is 12.7 Å². The Bertz CT molecular complexity index is 71.7. The molecule has 0 aliphatic heterocycles. The van der Waals surface area contributed by atoms with Crippen molar-refractivity contribution in [2.24, 2.45) is 0 Å². The standard InChI is InChI=1S/C8H16O.ClH/c1-2-3-4-5-6-7-8-9;/h7-9H,2-6H2,1H3;1H. The molecule has 0 saturated heterocycles. The summed E-state index contributed by atoms with van der Waals surface area (Å²) in [6.07, 6.45) is 9.06. The van der Waals surface area contributed by atoms with Crippen LogP contribution in [-0.4, -0.2) is 5.11 Å². The van der Waals surface area contributed by atoms with E-state index < -0.39 is 0 Å². The predicted molar refractivity (Wildman–Crippen MR) is 47.8 cm³/mol. The van der Waals surface area contributed by atoms with E-state index in [9.17, 15) is 0 Å². The van der Waals surface area contributed by atoms with Crippen LogP contribution in [0.2, 0.25) is 0 Å². The summed E-state index contributed by atoms with van der Waals surface area (Å²) in [5, 5.41) is 8.24. The fraction of sp³-hybridized carbons (Fsp3) is 0.750. The molecule has 1 nitrogen and oxygen atoms in total. The number of unbranched alkanes of at least 4 members (excludes halogenated alkanes) is 4. The van der Waals surface area contributed by atoms with Crippen LogP contribution in [0.4, 0.5) is 0 Å². The lowest BCUT2D eigenvalue weighted by atomic mass is 10.2. The van der Waals surface area contributed by atoms with Gasteiger partial charge in [0.15, 0.2) is 0 Å². The van der Waals surface area contributed by atoms with Crippen molar-refractivity contribution in [2.45, 2.75) is 39.0 Å². The molecule has 0 aromatic carbocycles. The summed E-state index contributed by atoms with van der Waals surface area (Å²) in [4.78, 5) is 0. The maximum atomic E-state index is 8.24. The highest BCUT2D eigenvalue weighted by atomic mass is 35.5. The number of aliphatic hydroxyl groups excluding tert-OH is 1. The van der Waals surface area contributed by atoms with Gasteiger partial charge < -0.3 is 5.11 Å². The third-order valence-electron chi connectivity index (χ3n) is 1.33. The molecule has 0 bridgehead atoms. The molecule has 1 N–H and O–H groups in total.